The summed E-state index contributed by atoms with van der Waals surface area (Å²) in [4.78, 5) is 4.43. The van der Waals surface area contributed by atoms with Gasteiger partial charge in [0.25, 0.3) is 0 Å². The van der Waals surface area contributed by atoms with Crippen LogP contribution in [-0.4, -0.2) is 20.0 Å². The van der Waals surface area contributed by atoms with Gasteiger partial charge < -0.3 is 10.2 Å². The number of hydrogen-bond acceptors (Lipinski definition) is 5. The van der Waals surface area contributed by atoms with Crippen LogP contribution in [0, 0.1) is 0 Å². The summed E-state index contributed by atoms with van der Waals surface area (Å²) in [5.74, 6) is 0.550. The molecule has 1 unspecified atom stereocenters. The van der Waals surface area contributed by atoms with E-state index in [2.05, 4.69) is 15.3 Å². The van der Waals surface area contributed by atoms with Gasteiger partial charge in [-0.3, -0.25) is 0 Å². The summed E-state index contributed by atoms with van der Waals surface area (Å²) in [6.45, 7) is 2.35. The molecule has 1 aromatic carbocycles. The normalized spacial score (nSPS) is 12.5. The van der Waals surface area contributed by atoms with Crippen molar-refractivity contribution in [3.63, 3.8) is 0 Å². The Morgan fingerprint density at radius 1 is 1.33 bits per heavy atom. The van der Waals surface area contributed by atoms with Gasteiger partial charge in [0.2, 0.25) is 5.89 Å². The fraction of sp³-hybridized carbons (Fsp3) is 0.214. The van der Waals surface area contributed by atoms with E-state index in [-0.39, 0.29) is 6.04 Å². The first-order chi connectivity index (χ1) is 10.1. The Morgan fingerprint density at radius 3 is 2.76 bits per heavy atom. The van der Waals surface area contributed by atoms with Crippen molar-refractivity contribution in [2.75, 3.05) is 0 Å². The molecule has 0 aliphatic rings. The first-order valence-electron chi connectivity index (χ1n) is 6.48. The molecule has 7 heteroatoms. The largest absolute Gasteiger partial charge is 0.444 e. The lowest BCUT2D eigenvalue weighted by Gasteiger charge is -1.97. The number of halogens is 1. The summed E-state index contributed by atoms with van der Waals surface area (Å²) in [7, 11) is 0. The predicted molar refractivity (Wildman–Crippen MR) is 78.7 cm³/mol. The Bertz CT molecular complexity index is 732. The van der Waals surface area contributed by atoms with Gasteiger partial charge in [-0.05, 0) is 31.2 Å². The Labute approximate surface area is 126 Å². The Balaban J connectivity index is 1.76. The van der Waals surface area contributed by atoms with Crippen molar-refractivity contribution in [2.45, 2.75) is 19.5 Å². The van der Waals surface area contributed by atoms with Crippen LogP contribution in [0.25, 0.3) is 11.5 Å². The van der Waals surface area contributed by atoms with Crippen LogP contribution < -0.4 is 5.73 Å². The van der Waals surface area contributed by atoms with Crippen LogP contribution in [0.4, 0.5) is 0 Å². The number of aromatic nitrogens is 4. The van der Waals surface area contributed by atoms with Gasteiger partial charge in [0.15, 0.2) is 0 Å². The molecule has 2 heterocycles. The second kappa shape index (κ2) is 5.67. The first kappa shape index (κ1) is 13.8. The molecule has 1 atom stereocenters. The van der Waals surface area contributed by atoms with Crippen molar-refractivity contribution >= 4 is 11.6 Å². The average molecular weight is 304 g/mol. The quantitative estimate of drug-likeness (QED) is 0.801. The molecule has 3 rings (SSSR count). The third-order valence-electron chi connectivity index (χ3n) is 2.99. The van der Waals surface area contributed by atoms with Gasteiger partial charge in [0, 0.05) is 16.6 Å². The minimum atomic E-state index is -0.138. The maximum atomic E-state index is 5.86. The molecular weight excluding hydrogens is 290 g/mol. The summed E-state index contributed by atoms with van der Waals surface area (Å²) < 4.78 is 7.16. The second-order valence-corrected chi connectivity index (χ2v) is 5.22. The highest BCUT2D eigenvalue weighted by Crippen LogP contribution is 2.21. The second-order valence-electron chi connectivity index (χ2n) is 4.78. The van der Waals surface area contributed by atoms with Crippen LogP contribution in [0.3, 0.4) is 0 Å². The molecule has 0 amide bonds. The minimum Gasteiger partial charge on any atom is -0.444 e. The summed E-state index contributed by atoms with van der Waals surface area (Å²) in [5, 5.41) is 8.69. The van der Waals surface area contributed by atoms with Gasteiger partial charge in [-0.15, -0.1) is 5.10 Å². The van der Waals surface area contributed by atoms with E-state index in [0.717, 1.165) is 17.0 Å². The lowest BCUT2D eigenvalue weighted by molar-refractivity contribution is 0.568. The van der Waals surface area contributed by atoms with E-state index in [9.17, 15) is 0 Å². The molecule has 0 bridgehead atoms. The average Bonchev–Trinajstić information content (AvgIpc) is 3.10. The highest BCUT2D eigenvalue weighted by atomic mass is 35.5. The number of nitrogens with two attached hydrogens (primary N) is 1. The molecular formula is C14H14ClN5O. The molecule has 0 spiro atoms. The van der Waals surface area contributed by atoms with Crippen molar-refractivity contribution in [2.24, 2.45) is 5.73 Å². The van der Waals surface area contributed by atoms with Crippen molar-refractivity contribution in [1.82, 2.24) is 20.0 Å². The number of hydrogen-bond donors (Lipinski definition) is 1. The first-order valence-corrected chi connectivity index (χ1v) is 6.85. The van der Waals surface area contributed by atoms with Gasteiger partial charge in [-0.25, -0.2) is 9.67 Å². The minimum absolute atomic E-state index is 0.138. The van der Waals surface area contributed by atoms with Gasteiger partial charge in [0.05, 0.1) is 18.4 Å². The summed E-state index contributed by atoms with van der Waals surface area (Å²) >= 11 is 5.86. The summed E-state index contributed by atoms with van der Waals surface area (Å²) in [6, 6.07) is 7.18. The van der Waals surface area contributed by atoms with Gasteiger partial charge in [0.1, 0.15) is 12.0 Å². The number of oxazole rings is 1. The lowest BCUT2D eigenvalue weighted by atomic mass is 10.2. The number of benzene rings is 1. The molecule has 21 heavy (non-hydrogen) atoms. The zero-order valence-electron chi connectivity index (χ0n) is 11.4. The third-order valence-corrected chi connectivity index (χ3v) is 3.24. The summed E-state index contributed by atoms with van der Waals surface area (Å²) in [5.41, 5.74) is 8.14. The van der Waals surface area contributed by atoms with Crippen molar-refractivity contribution in [3.8, 4) is 11.5 Å². The number of nitrogens with zero attached hydrogens (tertiary/aromatic N) is 4. The fourth-order valence-corrected chi connectivity index (χ4v) is 2.00. The van der Waals surface area contributed by atoms with Crippen LogP contribution >= 0.6 is 11.6 Å². The maximum absolute atomic E-state index is 5.86. The molecule has 0 fully saturated rings. The molecule has 2 N–H and O–H groups in total. The molecule has 0 aliphatic carbocycles. The van der Waals surface area contributed by atoms with E-state index in [1.165, 1.54) is 0 Å². The van der Waals surface area contributed by atoms with Gasteiger partial charge in [-0.1, -0.05) is 16.8 Å². The lowest BCUT2D eigenvalue weighted by Crippen LogP contribution is -2.05. The summed E-state index contributed by atoms with van der Waals surface area (Å²) in [6.07, 6.45) is 3.42. The van der Waals surface area contributed by atoms with E-state index in [0.29, 0.717) is 17.5 Å². The zero-order valence-corrected chi connectivity index (χ0v) is 12.2. The monoisotopic (exact) mass is 303 g/mol. The Hall–Kier alpha value is -2.18. The molecule has 108 valence electrons. The Kier molecular flexibility index (Phi) is 3.72. The predicted octanol–water partition coefficient (Wildman–Crippen LogP) is 2.65. The van der Waals surface area contributed by atoms with Crippen molar-refractivity contribution in [1.29, 1.82) is 0 Å². The molecule has 0 saturated carbocycles. The van der Waals surface area contributed by atoms with E-state index < -0.39 is 0 Å². The van der Waals surface area contributed by atoms with Gasteiger partial charge in [-0.2, -0.15) is 0 Å². The fourth-order valence-electron chi connectivity index (χ4n) is 1.87. The highest BCUT2D eigenvalue weighted by molar-refractivity contribution is 6.30. The number of rotatable bonds is 4. The topological polar surface area (TPSA) is 82.8 Å². The maximum Gasteiger partial charge on any atom is 0.226 e. The van der Waals surface area contributed by atoms with E-state index >= 15 is 0 Å². The van der Waals surface area contributed by atoms with Crippen LogP contribution in [0.2, 0.25) is 5.02 Å². The SMILES string of the molecule is CC(N)c1cn(Cc2coc(-c3ccc(Cl)cc3)n2)nn1. The van der Waals surface area contributed by atoms with Crippen LogP contribution in [0.15, 0.2) is 41.1 Å². The third kappa shape index (κ3) is 3.12. The smallest absolute Gasteiger partial charge is 0.226 e. The molecule has 3 aromatic rings. The van der Waals surface area contributed by atoms with Crippen LogP contribution in [0.5, 0.6) is 0 Å². The van der Waals surface area contributed by atoms with E-state index in [1.807, 2.05) is 19.1 Å². The van der Waals surface area contributed by atoms with Crippen molar-refractivity contribution in [3.05, 3.63) is 53.1 Å². The van der Waals surface area contributed by atoms with Crippen LogP contribution in [-0.2, 0) is 6.54 Å². The molecule has 0 radical (unpaired) electrons. The van der Waals surface area contributed by atoms with Crippen LogP contribution in [0.1, 0.15) is 24.4 Å². The molecule has 6 nitrogen and oxygen atoms in total. The zero-order chi connectivity index (χ0) is 14.8. The van der Waals surface area contributed by atoms with E-state index in [4.69, 9.17) is 21.8 Å². The Morgan fingerprint density at radius 2 is 2.10 bits per heavy atom. The molecule has 2 aromatic heterocycles. The molecule has 0 aliphatic heterocycles. The standard InChI is InChI=1S/C14H14ClN5O/c1-9(16)13-7-20(19-18-13)6-12-8-21-14(17-12)10-2-4-11(15)5-3-10/h2-5,7-9H,6,16H2,1H3. The highest BCUT2D eigenvalue weighted by Gasteiger charge is 2.09. The van der Waals surface area contributed by atoms with Gasteiger partial charge >= 0.3 is 0 Å². The molecule has 0 saturated heterocycles. The van der Waals surface area contributed by atoms with Crippen molar-refractivity contribution < 1.29 is 4.42 Å². The van der Waals surface area contributed by atoms with E-state index in [1.54, 1.807) is 29.3 Å².